The molecular formula is C16H18N2O2. The Kier molecular flexibility index (Phi) is 4.48. The van der Waals surface area contributed by atoms with Gasteiger partial charge < -0.3 is 5.32 Å². The summed E-state index contributed by atoms with van der Waals surface area (Å²) in [6.45, 7) is 5.04. The van der Waals surface area contributed by atoms with Crippen molar-refractivity contribution in [2.75, 3.05) is 6.54 Å². The van der Waals surface area contributed by atoms with Crippen LogP contribution in [0.15, 0.2) is 48.5 Å². The molecule has 0 aliphatic carbocycles. The van der Waals surface area contributed by atoms with Crippen molar-refractivity contribution in [3.05, 3.63) is 64.2 Å². The van der Waals surface area contributed by atoms with Crippen LogP contribution in [0.2, 0.25) is 0 Å². The molecule has 0 bridgehead atoms. The number of rotatable bonds is 5. The van der Waals surface area contributed by atoms with E-state index < -0.39 is 0 Å². The van der Waals surface area contributed by atoms with Gasteiger partial charge in [0.25, 0.3) is 5.69 Å². The molecule has 0 radical (unpaired) electrons. The Morgan fingerprint density at radius 1 is 1.20 bits per heavy atom. The van der Waals surface area contributed by atoms with Crippen molar-refractivity contribution < 1.29 is 4.92 Å². The lowest BCUT2D eigenvalue weighted by atomic mass is 9.95. The quantitative estimate of drug-likeness (QED) is 0.661. The van der Waals surface area contributed by atoms with Gasteiger partial charge in [-0.05, 0) is 30.2 Å². The lowest BCUT2D eigenvalue weighted by Gasteiger charge is -2.17. The zero-order valence-electron chi connectivity index (χ0n) is 11.7. The highest BCUT2D eigenvalue weighted by atomic mass is 16.6. The van der Waals surface area contributed by atoms with Crippen LogP contribution in [0.3, 0.4) is 0 Å². The number of nitrogens with zero attached hydrogens (tertiary/aromatic N) is 1. The van der Waals surface area contributed by atoms with Crippen LogP contribution >= 0.6 is 0 Å². The third kappa shape index (κ3) is 3.03. The number of nitrogens with one attached hydrogen (secondary N) is 1. The molecule has 1 unspecified atom stereocenters. The van der Waals surface area contributed by atoms with Crippen LogP contribution in [-0.4, -0.2) is 11.5 Å². The summed E-state index contributed by atoms with van der Waals surface area (Å²) < 4.78 is 0. The summed E-state index contributed by atoms with van der Waals surface area (Å²) in [6, 6.07) is 15.0. The van der Waals surface area contributed by atoms with Gasteiger partial charge in [-0.2, -0.15) is 0 Å². The Morgan fingerprint density at radius 2 is 1.95 bits per heavy atom. The normalized spacial score (nSPS) is 12.1. The maximum atomic E-state index is 10.9. The lowest BCUT2D eigenvalue weighted by Crippen LogP contribution is -2.18. The number of hydrogen-bond acceptors (Lipinski definition) is 3. The highest BCUT2D eigenvalue weighted by Gasteiger charge is 2.13. The Balaban J connectivity index is 2.47. The second-order valence-corrected chi connectivity index (χ2v) is 4.67. The number of hydrogen-bond donors (Lipinski definition) is 1. The first-order valence-electron chi connectivity index (χ1n) is 6.70. The molecule has 104 valence electrons. The SMILES string of the molecule is CCNC(C)c1ccccc1-c1cccc([N+](=O)[O-])c1. The molecule has 2 aromatic rings. The molecule has 1 N–H and O–H groups in total. The average molecular weight is 270 g/mol. The summed E-state index contributed by atoms with van der Waals surface area (Å²) in [5.41, 5.74) is 3.17. The monoisotopic (exact) mass is 270 g/mol. The number of non-ortho nitro benzene ring substituents is 1. The van der Waals surface area contributed by atoms with Crippen molar-refractivity contribution in [2.45, 2.75) is 19.9 Å². The van der Waals surface area contributed by atoms with Crippen molar-refractivity contribution in [3.63, 3.8) is 0 Å². The van der Waals surface area contributed by atoms with Gasteiger partial charge in [0.15, 0.2) is 0 Å². The van der Waals surface area contributed by atoms with E-state index in [1.165, 1.54) is 6.07 Å². The minimum atomic E-state index is -0.361. The predicted octanol–water partition coefficient (Wildman–Crippen LogP) is 3.93. The molecule has 0 aliphatic rings. The van der Waals surface area contributed by atoms with Gasteiger partial charge in [0, 0.05) is 18.2 Å². The van der Waals surface area contributed by atoms with E-state index in [0.29, 0.717) is 0 Å². The van der Waals surface area contributed by atoms with E-state index in [1.807, 2.05) is 24.3 Å². The molecule has 2 aromatic carbocycles. The number of nitro groups is 1. The van der Waals surface area contributed by atoms with Crippen molar-refractivity contribution in [1.82, 2.24) is 5.32 Å². The van der Waals surface area contributed by atoms with E-state index in [-0.39, 0.29) is 16.7 Å². The van der Waals surface area contributed by atoms with Gasteiger partial charge in [-0.3, -0.25) is 10.1 Å². The largest absolute Gasteiger partial charge is 0.310 e. The van der Waals surface area contributed by atoms with Crippen LogP contribution in [0.25, 0.3) is 11.1 Å². The molecule has 4 heteroatoms. The highest BCUT2D eigenvalue weighted by Crippen LogP contribution is 2.30. The van der Waals surface area contributed by atoms with Gasteiger partial charge in [0.2, 0.25) is 0 Å². The van der Waals surface area contributed by atoms with Crippen molar-refractivity contribution >= 4 is 5.69 Å². The minimum absolute atomic E-state index is 0.119. The minimum Gasteiger partial charge on any atom is -0.310 e. The molecule has 1 atom stereocenters. The molecule has 0 amide bonds. The molecule has 0 saturated carbocycles. The van der Waals surface area contributed by atoms with Gasteiger partial charge in [-0.25, -0.2) is 0 Å². The van der Waals surface area contributed by atoms with Crippen molar-refractivity contribution in [2.24, 2.45) is 0 Å². The standard InChI is InChI=1S/C16H18N2O2/c1-3-17-12(2)15-9-4-5-10-16(15)13-7-6-8-14(11-13)18(19)20/h4-12,17H,3H2,1-2H3. The van der Waals surface area contributed by atoms with Crippen LogP contribution in [0.4, 0.5) is 5.69 Å². The summed E-state index contributed by atoms with van der Waals surface area (Å²) in [4.78, 5) is 10.5. The average Bonchev–Trinajstić information content (AvgIpc) is 2.47. The zero-order valence-corrected chi connectivity index (χ0v) is 11.7. The van der Waals surface area contributed by atoms with Gasteiger partial charge >= 0.3 is 0 Å². The Labute approximate surface area is 118 Å². The van der Waals surface area contributed by atoms with E-state index in [9.17, 15) is 10.1 Å². The summed E-state index contributed by atoms with van der Waals surface area (Å²) in [7, 11) is 0. The third-order valence-electron chi connectivity index (χ3n) is 3.31. The van der Waals surface area contributed by atoms with Gasteiger partial charge in [-0.15, -0.1) is 0 Å². The van der Waals surface area contributed by atoms with Crippen LogP contribution < -0.4 is 5.32 Å². The first kappa shape index (κ1) is 14.2. The van der Waals surface area contributed by atoms with Crippen LogP contribution in [0, 0.1) is 10.1 Å². The first-order valence-corrected chi connectivity index (χ1v) is 6.70. The van der Waals surface area contributed by atoms with Crippen LogP contribution in [0.5, 0.6) is 0 Å². The molecule has 0 spiro atoms. The third-order valence-corrected chi connectivity index (χ3v) is 3.31. The second-order valence-electron chi connectivity index (χ2n) is 4.67. The fourth-order valence-electron chi connectivity index (χ4n) is 2.34. The predicted molar refractivity (Wildman–Crippen MR) is 80.6 cm³/mol. The fourth-order valence-corrected chi connectivity index (χ4v) is 2.34. The Bertz CT molecular complexity index is 611. The maximum Gasteiger partial charge on any atom is 0.270 e. The van der Waals surface area contributed by atoms with E-state index in [1.54, 1.807) is 12.1 Å². The first-order chi connectivity index (χ1) is 9.63. The van der Waals surface area contributed by atoms with E-state index in [2.05, 4.69) is 25.2 Å². The van der Waals surface area contributed by atoms with E-state index >= 15 is 0 Å². The fraction of sp³-hybridized carbons (Fsp3) is 0.250. The van der Waals surface area contributed by atoms with E-state index in [0.717, 1.165) is 23.2 Å². The van der Waals surface area contributed by atoms with Crippen molar-refractivity contribution in [3.8, 4) is 11.1 Å². The highest BCUT2D eigenvalue weighted by molar-refractivity contribution is 5.70. The molecule has 0 saturated heterocycles. The molecule has 20 heavy (non-hydrogen) atoms. The molecule has 0 fully saturated rings. The number of benzene rings is 2. The number of nitro benzene ring substituents is 1. The van der Waals surface area contributed by atoms with Crippen molar-refractivity contribution in [1.29, 1.82) is 0 Å². The van der Waals surface area contributed by atoms with Gasteiger partial charge in [0.05, 0.1) is 4.92 Å². The summed E-state index contributed by atoms with van der Waals surface area (Å²) >= 11 is 0. The maximum absolute atomic E-state index is 10.9. The molecular weight excluding hydrogens is 252 g/mol. The molecule has 4 nitrogen and oxygen atoms in total. The van der Waals surface area contributed by atoms with Crippen LogP contribution in [0.1, 0.15) is 25.5 Å². The zero-order chi connectivity index (χ0) is 14.5. The van der Waals surface area contributed by atoms with Gasteiger partial charge in [0.1, 0.15) is 0 Å². The molecule has 2 rings (SSSR count). The summed E-state index contributed by atoms with van der Waals surface area (Å²) in [5.74, 6) is 0. The molecule has 0 aliphatic heterocycles. The Morgan fingerprint density at radius 3 is 2.65 bits per heavy atom. The molecule has 0 aromatic heterocycles. The van der Waals surface area contributed by atoms with E-state index in [4.69, 9.17) is 0 Å². The topological polar surface area (TPSA) is 55.2 Å². The lowest BCUT2D eigenvalue weighted by molar-refractivity contribution is -0.384. The smallest absolute Gasteiger partial charge is 0.270 e. The molecule has 0 heterocycles. The van der Waals surface area contributed by atoms with Crippen LogP contribution in [-0.2, 0) is 0 Å². The second kappa shape index (κ2) is 6.30. The summed E-state index contributed by atoms with van der Waals surface area (Å²) in [5, 5.41) is 14.3. The summed E-state index contributed by atoms with van der Waals surface area (Å²) in [6.07, 6.45) is 0. The van der Waals surface area contributed by atoms with Gasteiger partial charge in [-0.1, -0.05) is 43.3 Å². The Hall–Kier alpha value is -2.20.